The maximum Gasteiger partial charge on any atom is 0.213 e. The molecule has 1 heterocycles. The monoisotopic (exact) mass is 301 g/mol. The Hall–Kier alpha value is -1.91. The van der Waals surface area contributed by atoms with Gasteiger partial charge in [-0.05, 0) is 12.1 Å². The summed E-state index contributed by atoms with van der Waals surface area (Å²) >= 11 is 0. The van der Waals surface area contributed by atoms with Gasteiger partial charge in [0.15, 0.2) is 0 Å². The zero-order valence-electron chi connectivity index (χ0n) is 12.8. The predicted molar refractivity (Wildman–Crippen MR) is 83.3 cm³/mol. The third-order valence-corrected chi connectivity index (χ3v) is 3.63. The number of hydrogen-bond donors (Lipinski definition) is 1. The molecule has 2 atom stereocenters. The lowest BCUT2D eigenvalue weighted by Crippen LogP contribution is -2.40. The topological polar surface area (TPSA) is 30.5 Å². The molecule has 0 radical (unpaired) electrons. The molecule has 0 amide bonds. The van der Waals surface area contributed by atoms with Gasteiger partial charge in [-0.25, -0.2) is 4.39 Å². The molecule has 0 saturated carbocycles. The molecule has 0 aromatic heterocycles. The number of nitrogens with one attached hydrogen (secondary N) is 1. The van der Waals surface area contributed by atoms with Gasteiger partial charge in [0.2, 0.25) is 6.29 Å². The summed E-state index contributed by atoms with van der Waals surface area (Å²) in [6.07, 6.45) is -0.896. The minimum Gasteiger partial charge on any atom is -0.463 e. The van der Waals surface area contributed by atoms with Gasteiger partial charge in [0.1, 0.15) is 17.7 Å². The molecule has 2 aromatic rings. The zero-order valence-corrected chi connectivity index (χ0v) is 12.8. The van der Waals surface area contributed by atoms with Crippen molar-refractivity contribution in [3.8, 4) is 5.75 Å². The number of benzene rings is 2. The summed E-state index contributed by atoms with van der Waals surface area (Å²) in [5.74, 6) is 0.484. The molecule has 1 aliphatic heterocycles. The van der Waals surface area contributed by atoms with Crippen LogP contribution in [0, 0.1) is 5.82 Å². The molecule has 0 saturated heterocycles. The Morgan fingerprint density at radius 1 is 1.05 bits per heavy atom. The largest absolute Gasteiger partial charge is 0.463 e. The minimum absolute atomic E-state index is 0.264. The highest BCUT2D eigenvalue weighted by Gasteiger charge is 2.31. The molecule has 0 unspecified atom stereocenters. The van der Waals surface area contributed by atoms with Crippen LogP contribution in [0.5, 0.6) is 5.75 Å². The Balaban J connectivity index is 1.92. The average Bonchev–Trinajstić information content (AvgIpc) is 2.53. The van der Waals surface area contributed by atoms with Crippen LogP contribution in [-0.2, 0) is 4.74 Å². The van der Waals surface area contributed by atoms with Crippen molar-refractivity contribution in [2.45, 2.75) is 32.3 Å². The van der Waals surface area contributed by atoms with Crippen molar-refractivity contribution in [1.29, 1.82) is 0 Å². The second-order valence-electron chi connectivity index (χ2n) is 5.69. The quantitative estimate of drug-likeness (QED) is 0.935. The maximum atomic E-state index is 14.2. The van der Waals surface area contributed by atoms with Gasteiger partial charge >= 0.3 is 0 Å². The van der Waals surface area contributed by atoms with Crippen LogP contribution in [0.25, 0.3) is 0 Å². The first-order valence-electron chi connectivity index (χ1n) is 7.54. The summed E-state index contributed by atoms with van der Waals surface area (Å²) in [4.78, 5) is 0. The minimum atomic E-state index is -0.454. The highest BCUT2D eigenvalue weighted by atomic mass is 19.1. The average molecular weight is 301 g/mol. The third kappa shape index (κ3) is 3.13. The van der Waals surface area contributed by atoms with E-state index in [1.54, 1.807) is 12.1 Å². The highest BCUT2D eigenvalue weighted by Crippen LogP contribution is 2.39. The molecule has 0 bridgehead atoms. The zero-order chi connectivity index (χ0) is 15.5. The van der Waals surface area contributed by atoms with Gasteiger partial charge in [-0.1, -0.05) is 50.2 Å². The van der Waals surface area contributed by atoms with E-state index in [9.17, 15) is 4.39 Å². The molecule has 0 fully saturated rings. The molecule has 3 rings (SSSR count). The lowest BCUT2D eigenvalue weighted by Gasteiger charge is -2.33. The van der Waals surface area contributed by atoms with E-state index in [0.29, 0.717) is 18.2 Å². The molecule has 2 aromatic carbocycles. The van der Waals surface area contributed by atoms with E-state index in [4.69, 9.17) is 9.47 Å². The Bertz CT molecular complexity index is 644. The van der Waals surface area contributed by atoms with Gasteiger partial charge in [0.05, 0.1) is 6.54 Å². The second kappa shape index (κ2) is 6.46. The molecule has 4 heteroatoms. The van der Waals surface area contributed by atoms with E-state index in [2.05, 4.69) is 19.2 Å². The van der Waals surface area contributed by atoms with E-state index >= 15 is 0 Å². The number of hydrogen-bond acceptors (Lipinski definition) is 3. The summed E-state index contributed by atoms with van der Waals surface area (Å²) in [6, 6.07) is 14.7. The van der Waals surface area contributed by atoms with Crippen molar-refractivity contribution < 1.29 is 13.9 Å². The molecule has 0 aliphatic carbocycles. The van der Waals surface area contributed by atoms with E-state index in [1.165, 1.54) is 6.07 Å². The SMILES string of the molecule is CC(C)NC[C@H]1Oc2ccccc2[C@H](c2ccccc2F)O1. The first-order valence-corrected chi connectivity index (χ1v) is 7.54. The normalized spacial score (nSPS) is 20.5. The van der Waals surface area contributed by atoms with Crippen LogP contribution < -0.4 is 10.1 Å². The van der Waals surface area contributed by atoms with Crippen LogP contribution in [0.15, 0.2) is 48.5 Å². The van der Waals surface area contributed by atoms with Gasteiger partial charge < -0.3 is 14.8 Å². The standard InChI is InChI=1S/C18H20FNO2/c1-12(2)20-11-17-21-16-10-6-4-8-14(16)18(22-17)13-7-3-5-9-15(13)19/h3-10,12,17-18,20H,11H2,1-2H3/t17-,18-/m0/s1. The summed E-state index contributed by atoms with van der Waals surface area (Å²) in [5, 5.41) is 3.29. The number of ether oxygens (including phenoxy) is 2. The Morgan fingerprint density at radius 2 is 1.73 bits per heavy atom. The van der Waals surface area contributed by atoms with Crippen LogP contribution >= 0.6 is 0 Å². The third-order valence-electron chi connectivity index (χ3n) is 3.63. The Morgan fingerprint density at radius 3 is 2.45 bits per heavy atom. The maximum absolute atomic E-state index is 14.2. The van der Waals surface area contributed by atoms with E-state index in [-0.39, 0.29) is 5.82 Å². The van der Waals surface area contributed by atoms with Crippen LogP contribution in [0.4, 0.5) is 4.39 Å². The smallest absolute Gasteiger partial charge is 0.213 e. The fourth-order valence-corrected chi connectivity index (χ4v) is 2.55. The first-order chi connectivity index (χ1) is 10.6. The van der Waals surface area contributed by atoms with Crippen LogP contribution in [0.3, 0.4) is 0 Å². The summed E-state index contributed by atoms with van der Waals surface area (Å²) < 4.78 is 26.0. The molecule has 116 valence electrons. The summed E-state index contributed by atoms with van der Waals surface area (Å²) in [5.41, 5.74) is 1.39. The molecule has 1 aliphatic rings. The van der Waals surface area contributed by atoms with Crippen molar-refractivity contribution >= 4 is 0 Å². The van der Waals surface area contributed by atoms with Gasteiger partial charge in [-0.2, -0.15) is 0 Å². The van der Waals surface area contributed by atoms with Gasteiger partial charge in [0, 0.05) is 17.2 Å². The number of rotatable bonds is 4. The van der Waals surface area contributed by atoms with E-state index < -0.39 is 12.4 Å². The van der Waals surface area contributed by atoms with Crippen LogP contribution in [0.1, 0.15) is 31.1 Å². The molecule has 0 spiro atoms. The number of fused-ring (bicyclic) bond motifs is 1. The molecular formula is C18H20FNO2. The summed E-state index contributed by atoms with van der Waals surface area (Å²) in [7, 11) is 0. The lowest BCUT2D eigenvalue weighted by molar-refractivity contribution is -0.125. The van der Waals surface area contributed by atoms with Gasteiger partial charge in [-0.15, -0.1) is 0 Å². The Labute approximate surface area is 130 Å². The summed E-state index contributed by atoms with van der Waals surface area (Å²) in [6.45, 7) is 4.67. The van der Waals surface area contributed by atoms with Gasteiger partial charge in [0.25, 0.3) is 0 Å². The van der Waals surface area contributed by atoms with Crippen molar-refractivity contribution in [1.82, 2.24) is 5.32 Å². The number of para-hydroxylation sites is 1. The molecule has 3 nitrogen and oxygen atoms in total. The van der Waals surface area contributed by atoms with Crippen molar-refractivity contribution in [3.63, 3.8) is 0 Å². The molecule has 1 N–H and O–H groups in total. The fourth-order valence-electron chi connectivity index (χ4n) is 2.55. The molecule has 22 heavy (non-hydrogen) atoms. The van der Waals surface area contributed by atoms with E-state index in [1.807, 2.05) is 30.3 Å². The van der Waals surface area contributed by atoms with Crippen molar-refractivity contribution in [2.24, 2.45) is 0 Å². The van der Waals surface area contributed by atoms with Crippen LogP contribution in [-0.4, -0.2) is 18.9 Å². The van der Waals surface area contributed by atoms with Crippen molar-refractivity contribution in [3.05, 3.63) is 65.5 Å². The first kappa shape index (κ1) is 15.0. The van der Waals surface area contributed by atoms with Gasteiger partial charge in [-0.3, -0.25) is 0 Å². The second-order valence-corrected chi connectivity index (χ2v) is 5.69. The van der Waals surface area contributed by atoms with E-state index in [0.717, 1.165) is 11.3 Å². The Kier molecular flexibility index (Phi) is 4.41. The molecular weight excluding hydrogens is 281 g/mol. The predicted octanol–water partition coefficient (Wildman–Crippen LogP) is 3.65. The van der Waals surface area contributed by atoms with Crippen LogP contribution in [0.2, 0.25) is 0 Å². The fraction of sp³-hybridized carbons (Fsp3) is 0.333. The highest BCUT2D eigenvalue weighted by molar-refractivity contribution is 5.42. The number of halogens is 1. The van der Waals surface area contributed by atoms with Crippen molar-refractivity contribution in [2.75, 3.05) is 6.54 Å². The lowest BCUT2D eigenvalue weighted by atomic mass is 9.99.